The molecule has 4 N–H and O–H groups in total. The van der Waals surface area contributed by atoms with Crippen molar-refractivity contribution in [3.8, 4) is 17.2 Å². The molecule has 0 saturated carbocycles. The number of anilines is 3. The summed E-state index contributed by atoms with van der Waals surface area (Å²) in [6.45, 7) is 3.98. The fraction of sp³-hybridized carbons (Fsp3) is 0.160. The van der Waals surface area contributed by atoms with Gasteiger partial charge in [-0.05, 0) is 24.3 Å². The molecule has 1 aliphatic heterocycles. The molecule has 0 unspecified atom stereocenters. The topological polar surface area (TPSA) is 108 Å². The van der Waals surface area contributed by atoms with Gasteiger partial charge in [0, 0.05) is 28.5 Å². The number of amides is 1. The highest BCUT2D eigenvalue weighted by Crippen LogP contribution is 2.39. The second kappa shape index (κ2) is 7.62. The van der Waals surface area contributed by atoms with Gasteiger partial charge in [0.2, 0.25) is 5.91 Å². The van der Waals surface area contributed by atoms with Gasteiger partial charge in [0.1, 0.15) is 0 Å². The molecule has 6 nitrogen and oxygen atoms in total. The Kier molecular flexibility index (Phi) is 4.96. The van der Waals surface area contributed by atoms with Crippen LogP contribution in [0.25, 0.3) is 11.1 Å². The molecule has 0 spiro atoms. The Bertz CT molecular complexity index is 1250. The van der Waals surface area contributed by atoms with Crippen molar-refractivity contribution in [2.45, 2.75) is 20.3 Å². The van der Waals surface area contributed by atoms with E-state index >= 15 is 0 Å². The number of carbonyl (C=O) groups excluding carboxylic acids is 1. The molecule has 3 aromatic carbocycles. The number of hydrogen-bond donors (Lipinski definition) is 2. The van der Waals surface area contributed by atoms with Crippen molar-refractivity contribution in [3.05, 3.63) is 77.9 Å². The van der Waals surface area contributed by atoms with Crippen LogP contribution < -0.4 is 16.5 Å². The average molecular weight is 409 g/mol. The lowest BCUT2D eigenvalue weighted by atomic mass is 9.79. The van der Waals surface area contributed by atoms with Crippen molar-refractivity contribution in [3.63, 3.8) is 0 Å². The molecule has 0 aromatic heterocycles. The van der Waals surface area contributed by atoms with Crippen LogP contribution in [0.4, 0.5) is 17.1 Å². The minimum Gasteiger partial charge on any atom is -0.397 e. The van der Waals surface area contributed by atoms with E-state index in [1.807, 2.05) is 62.4 Å². The van der Waals surface area contributed by atoms with Gasteiger partial charge in [-0.3, -0.25) is 4.79 Å². The van der Waals surface area contributed by atoms with Crippen molar-refractivity contribution < 1.29 is 4.79 Å². The third-order valence-electron chi connectivity index (χ3n) is 5.50. The predicted octanol–water partition coefficient (Wildman–Crippen LogP) is 4.56. The van der Waals surface area contributed by atoms with E-state index in [-0.39, 0.29) is 12.3 Å². The number of hydrogen-bond acceptors (Lipinski definition) is 5. The summed E-state index contributed by atoms with van der Waals surface area (Å²) < 4.78 is 0. The summed E-state index contributed by atoms with van der Waals surface area (Å²) >= 11 is 0. The first-order valence-corrected chi connectivity index (χ1v) is 9.98. The first kappa shape index (κ1) is 20.2. The molecule has 4 rings (SSSR count). The van der Waals surface area contributed by atoms with Crippen LogP contribution in [0.2, 0.25) is 0 Å². The van der Waals surface area contributed by atoms with Crippen LogP contribution >= 0.6 is 0 Å². The number of rotatable bonds is 3. The maximum absolute atomic E-state index is 13.2. The van der Waals surface area contributed by atoms with E-state index < -0.39 is 5.41 Å². The molecule has 0 saturated heterocycles. The molecule has 0 atom stereocenters. The SMILES string of the molecule is CC1(C)CC(=O)N(c2ccccc2-c2ccccc2C#N)N=C1c1ccc(N)c(N)c1. The highest BCUT2D eigenvalue weighted by molar-refractivity contribution is 6.13. The lowest BCUT2D eigenvalue weighted by Crippen LogP contribution is -2.42. The van der Waals surface area contributed by atoms with Gasteiger partial charge in [-0.15, -0.1) is 0 Å². The average Bonchev–Trinajstić information content (AvgIpc) is 2.75. The van der Waals surface area contributed by atoms with Crippen LogP contribution in [0, 0.1) is 16.7 Å². The van der Waals surface area contributed by atoms with Crippen molar-refractivity contribution in [2.75, 3.05) is 16.5 Å². The van der Waals surface area contributed by atoms with Crippen molar-refractivity contribution in [1.82, 2.24) is 0 Å². The molecular weight excluding hydrogens is 386 g/mol. The Morgan fingerprint density at radius 2 is 1.65 bits per heavy atom. The summed E-state index contributed by atoms with van der Waals surface area (Å²) in [5.41, 5.74) is 16.7. The largest absolute Gasteiger partial charge is 0.397 e. The Morgan fingerprint density at radius 3 is 2.35 bits per heavy atom. The first-order chi connectivity index (χ1) is 14.8. The zero-order chi connectivity index (χ0) is 22.2. The Morgan fingerprint density at radius 1 is 0.968 bits per heavy atom. The van der Waals surface area contributed by atoms with Crippen LogP contribution in [-0.4, -0.2) is 11.6 Å². The number of hydrazone groups is 1. The summed E-state index contributed by atoms with van der Waals surface area (Å²) in [6, 6.07) is 22.5. The molecule has 0 aliphatic carbocycles. The quantitative estimate of drug-likeness (QED) is 0.618. The van der Waals surface area contributed by atoms with E-state index in [0.29, 0.717) is 22.6 Å². The zero-order valence-electron chi connectivity index (χ0n) is 17.5. The molecule has 0 fully saturated rings. The highest BCUT2D eigenvalue weighted by Gasteiger charge is 2.38. The molecule has 6 heteroatoms. The van der Waals surface area contributed by atoms with Crippen LogP contribution in [0.15, 0.2) is 71.8 Å². The first-order valence-electron chi connectivity index (χ1n) is 9.98. The van der Waals surface area contributed by atoms with Crippen molar-refractivity contribution in [2.24, 2.45) is 10.5 Å². The number of nitrogens with zero attached hydrogens (tertiary/aromatic N) is 3. The molecule has 0 radical (unpaired) electrons. The maximum Gasteiger partial charge on any atom is 0.248 e. The lowest BCUT2D eigenvalue weighted by molar-refractivity contribution is -0.120. The van der Waals surface area contributed by atoms with Gasteiger partial charge in [-0.1, -0.05) is 56.3 Å². The number of nitriles is 1. The molecule has 154 valence electrons. The smallest absolute Gasteiger partial charge is 0.248 e. The standard InChI is InChI=1S/C25H23N5O/c1-25(2)14-23(31)30(29-24(25)16-11-12-20(27)21(28)13-16)22-10-6-5-9-19(22)18-8-4-3-7-17(18)15-26/h3-13H,14,27-28H2,1-2H3. The monoisotopic (exact) mass is 409 g/mol. The summed E-state index contributed by atoms with van der Waals surface area (Å²) in [6.07, 6.45) is 0.282. The van der Waals surface area contributed by atoms with E-state index in [4.69, 9.17) is 16.6 Å². The third-order valence-corrected chi connectivity index (χ3v) is 5.50. The molecule has 3 aromatic rings. The van der Waals surface area contributed by atoms with Gasteiger partial charge in [0.05, 0.1) is 34.4 Å². The Balaban J connectivity index is 1.90. The highest BCUT2D eigenvalue weighted by atomic mass is 16.2. The number of carbonyl (C=O) groups is 1. The second-order valence-electron chi connectivity index (χ2n) is 8.23. The molecular formula is C25H23N5O. The molecule has 1 heterocycles. The Hall–Kier alpha value is -4.11. The summed E-state index contributed by atoms with van der Waals surface area (Å²) in [5.74, 6) is -0.112. The van der Waals surface area contributed by atoms with E-state index in [0.717, 1.165) is 22.4 Å². The van der Waals surface area contributed by atoms with Crippen LogP contribution in [-0.2, 0) is 4.79 Å². The number of benzene rings is 3. The fourth-order valence-corrected chi connectivity index (χ4v) is 3.89. The zero-order valence-corrected chi connectivity index (χ0v) is 17.5. The van der Waals surface area contributed by atoms with Gasteiger partial charge in [-0.2, -0.15) is 15.4 Å². The van der Waals surface area contributed by atoms with Crippen molar-refractivity contribution in [1.29, 1.82) is 5.26 Å². The van der Waals surface area contributed by atoms with Crippen molar-refractivity contribution >= 4 is 28.7 Å². The van der Waals surface area contributed by atoms with Gasteiger partial charge in [0.25, 0.3) is 0 Å². The number of para-hydroxylation sites is 1. The molecule has 1 aliphatic rings. The summed E-state index contributed by atoms with van der Waals surface area (Å²) in [4.78, 5) is 13.2. The Labute approximate surface area is 181 Å². The predicted molar refractivity (Wildman–Crippen MR) is 124 cm³/mol. The maximum atomic E-state index is 13.2. The minimum atomic E-state index is -0.477. The number of nitrogen functional groups attached to an aromatic ring is 2. The minimum absolute atomic E-state index is 0.112. The van der Waals surface area contributed by atoms with Crippen LogP contribution in [0.3, 0.4) is 0 Å². The van der Waals surface area contributed by atoms with E-state index in [1.165, 1.54) is 5.01 Å². The summed E-state index contributed by atoms with van der Waals surface area (Å²) in [5, 5.41) is 15.8. The van der Waals surface area contributed by atoms with Gasteiger partial charge in [0.15, 0.2) is 0 Å². The molecule has 1 amide bonds. The van der Waals surface area contributed by atoms with E-state index in [9.17, 15) is 10.1 Å². The fourth-order valence-electron chi connectivity index (χ4n) is 3.89. The molecule has 31 heavy (non-hydrogen) atoms. The van der Waals surface area contributed by atoms with E-state index in [2.05, 4.69) is 6.07 Å². The van der Waals surface area contributed by atoms with E-state index in [1.54, 1.807) is 18.2 Å². The lowest BCUT2D eigenvalue weighted by Gasteiger charge is -2.35. The summed E-state index contributed by atoms with van der Waals surface area (Å²) in [7, 11) is 0. The molecule has 0 bridgehead atoms. The number of nitrogens with two attached hydrogens (primary N) is 2. The van der Waals surface area contributed by atoms with Crippen LogP contribution in [0.1, 0.15) is 31.4 Å². The second-order valence-corrected chi connectivity index (χ2v) is 8.23. The van der Waals surface area contributed by atoms with Gasteiger partial charge < -0.3 is 11.5 Å². The van der Waals surface area contributed by atoms with Crippen LogP contribution in [0.5, 0.6) is 0 Å². The van der Waals surface area contributed by atoms with Gasteiger partial charge >= 0.3 is 0 Å². The third kappa shape index (κ3) is 3.62. The van der Waals surface area contributed by atoms with Gasteiger partial charge in [-0.25, -0.2) is 0 Å². The normalized spacial score (nSPS) is 15.3.